The van der Waals surface area contributed by atoms with Gasteiger partial charge in [0.15, 0.2) is 11.5 Å². The largest absolute Gasteiger partial charge is 1.00 e. The molecule has 0 unspecified atom stereocenters. The third-order valence-electron chi connectivity index (χ3n) is 1.44. The SMILES string of the molecule is COc1cc(S(=O)(=O)[O-])ccc1O.O.[K+]. The van der Waals surface area contributed by atoms with Gasteiger partial charge in [-0.1, -0.05) is 0 Å². The molecule has 0 aliphatic carbocycles. The summed E-state index contributed by atoms with van der Waals surface area (Å²) < 4.78 is 36.2. The number of ether oxygens (including phenoxy) is 1. The summed E-state index contributed by atoms with van der Waals surface area (Å²) in [7, 11) is -3.23. The average molecular weight is 260 g/mol. The summed E-state index contributed by atoms with van der Waals surface area (Å²) in [5.41, 5.74) is 0. The molecule has 0 aliphatic rings. The molecule has 0 spiro atoms. The van der Waals surface area contributed by atoms with Crippen molar-refractivity contribution in [1.29, 1.82) is 0 Å². The number of benzene rings is 1. The number of hydrogen-bond acceptors (Lipinski definition) is 5. The van der Waals surface area contributed by atoms with Gasteiger partial charge in [0.2, 0.25) is 0 Å². The van der Waals surface area contributed by atoms with Crippen molar-refractivity contribution in [2.45, 2.75) is 4.90 Å². The first kappa shape index (κ1) is 17.7. The van der Waals surface area contributed by atoms with E-state index in [-0.39, 0.29) is 68.4 Å². The quantitative estimate of drug-likeness (QED) is 0.437. The summed E-state index contributed by atoms with van der Waals surface area (Å²) >= 11 is 0. The first-order chi connectivity index (χ1) is 5.95. The van der Waals surface area contributed by atoms with Crippen LogP contribution in [0.4, 0.5) is 0 Å². The van der Waals surface area contributed by atoms with Crippen LogP contribution in [-0.2, 0) is 10.1 Å². The molecule has 0 heterocycles. The maximum absolute atomic E-state index is 10.5. The number of hydrogen-bond donors (Lipinski definition) is 1. The Morgan fingerprint density at radius 2 is 1.93 bits per heavy atom. The molecule has 0 fully saturated rings. The number of aromatic hydroxyl groups is 1. The van der Waals surface area contributed by atoms with Crippen LogP contribution in [0.3, 0.4) is 0 Å². The fraction of sp³-hybridized carbons (Fsp3) is 0.143. The van der Waals surface area contributed by atoms with Gasteiger partial charge >= 0.3 is 51.4 Å². The van der Waals surface area contributed by atoms with Gasteiger partial charge in [-0.15, -0.1) is 0 Å². The maximum atomic E-state index is 10.5. The van der Waals surface area contributed by atoms with E-state index >= 15 is 0 Å². The first-order valence-electron chi connectivity index (χ1n) is 3.28. The molecule has 0 saturated heterocycles. The minimum atomic E-state index is -4.49. The molecule has 1 aromatic rings. The van der Waals surface area contributed by atoms with Gasteiger partial charge in [0.1, 0.15) is 10.1 Å². The van der Waals surface area contributed by atoms with Crippen molar-refractivity contribution in [3.63, 3.8) is 0 Å². The van der Waals surface area contributed by atoms with Crippen LogP contribution in [0.25, 0.3) is 0 Å². The Morgan fingerprint density at radius 3 is 2.33 bits per heavy atom. The molecule has 15 heavy (non-hydrogen) atoms. The molecular weight excluding hydrogens is 251 g/mol. The molecule has 8 heteroatoms. The van der Waals surface area contributed by atoms with Crippen LogP contribution in [0.1, 0.15) is 0 Å². The summed E-state index contributed by atoms with van der Waals surface area (Å²) in [6.07, 6.45) is 0. The van der Waals surface area contributed by atoms with E-state index in [9.17, 15) is 13.0 Å². The van der Waals surface area contributed by atoms with Gasteiger partial charge in [0.25, 0.3) is 0 Å². The van der Waals surface area contributed by atoms with Crippen molar-refractivity contribution in [1.82, 2.24) is 0 Å². The molecule has 0 saturated carbocycles. The third-order valence-corrected chi connectivity index (χ3v) is 2.27. The molecule has 0 aliphatic heterocycles. The van der Waals surface area contributed by atoms with Gasteiger partial charge in [-0.25, -0.2) is 8.42 Å². The molecule has 0 radical (unpaired) electrons. The Balaban J connectivity index is 0. The Bertz CT molecular complexity index is 415. The molecule has 80 valence electrons. The molecule has 0 bridgehead atoms. The van der Waals surface area contributed by atoms with Crippen molar-refractivity contribution in [3.8, 4) is 11.5 Å². The van der Waals surface area contributed by atoms with E-state index in [1.165, 1.54) is 7.11 Å². The van der Waals surface area contributed by atoms with Crippen LogP contribution < -0.4 is 56.1 Å². The summed E-state index contributed by atoms with van der Waals surface area (Å²) in [4.78, 5) is -0.429. The predicted molar refractivity (Wildman–Crippen MR) is 46.2 cm³/mol. The Morgan fingerprint density at radius 1 is 1.40 bits per heavy atom. The normalized spacial score (nSPS) is 9.73. The van der Waals surface area contributed by atoms with Crippen LogP contribution in [0, 0.1) is 0 Å². The van der Waals surface area contributed by atoms with Crippen LogP contribution >= 0.6 is 0 Å². The van der Waals surface area contributed by atoms with Gasteiger partial charge in [0.05, 0.1) is 12.0 Å². The van der Waals surface area contributed by atoms with E-state index < -0.39 is 15.0 Å². The monoisotopic (exact) mass is 260 g/mol. The summed E-state index contributed by atoms with van der Waals surface area (Å²) in [6.45, 7) is 0. The van der Waals surface area contributed by atoms with Crippen molar-refractivity contribution in [3.05, 3.63) is 18.2 Å². The van der Waals surface area contributed by atoms with Crippen molar-refractivity contribution in [2.24, 2.45) is 0 Å². The Kier molecular flexibility index (Phi) is 8.04. The zero-order chi connectivity index (χ0) is 10.1. The van der Waals surface area contributed by atoms with E-state index in [2.05, 4.69) is 4.74 Å². The summed E-state index contributed by atoms with van der Waals surface area (Å²) in [6, 6.07) is 3.07. The van der Waals surface area contributed by atoms with E-state index in [0.29, 0.717) is 0 Å². The Hall–Kier alpha value is 0.326. The molecule has 1 rings (SSSR count). The second-order valence-electron chi connectivity index (χ2n) is 2.29. The van der Waals surface area contributed by atoms with Crippen LogP contribution in [-0.4, -0.2) is 30.7 Å². The number of phenols is 1. The second-order valence-corrected chi connectivity index (χ2v) is 3.67. The standard InChI is InChI=1S/C7H8O5S.K.H2O/c1-12-7-4-5(13(9,10)11)2-3-6(7)8;;/h2-4,8H,1H3,(H,9,10,11);;1H2/q;+1;/p-1. The van der Waals surface area contributed by atoms with E-state index in [4.69, 9.17) is 5.11 Å². The van der Waals surface area contributed by atoms with Crippen molar-refractivity contribution >= 4 is 10.1 Å². The minimum Gasteiger partial charge on any atom is -0.744 e. The number of phenolic OH excluding ortho intramolecular Hbond substituents is 1. The third kappa shape index (κ3) is 4.79. The number of methoxy groups -OCH3 is 1. The van der Waals surface area contributed by atoms with Crippen molar-refractivity contribution in [2.75, 3.05) is 7.11 Å². The summed E-state index contributed by atoms with van der Waals surface area (Å²) in [5.74, 6) is -0.258. The smallest absolute Gasteiger partial charge is 0.744 e. The zero-order valence-corrected chi connectivity index (χ0v) is 12.2. The molecule has 0 amide bonds. The zero-order valence-electron chi connectivity index (χ0n) is 8.22. The van der Waals surface area contributed by atoms with Crippen LogP contribution in [0.2, 0.25) is 0 Å². The van der Waals surface area contributed by atoms with E-state index in [1.54, 1.807) is 0 Å². The van der Waals surface area contributed by atoms with Gasteiger partial charge in [-0.2, -0.15) is 0 Å². The minimum absolute atomic E-state index is 0. The second kappa shape index (κ2) is 6.81. The fourth-order valence-electron chi connectivity index (χ4n) is 0.813. The summed E-state index contributed by atoms with van der Waals surface area (Å²) in [5, 5.41) is 9.08. The molecule has 1 aromatic carbocycles. The van der Waals surface area contributed by atoms with Crippen LogP contribution in [0.15, 0.2) is 23.1 Å². The molecule has 6 nitrogen and oxygen atoms in total. The first-order valence-corrected chi connectivity index (χ1v) is 4.69. The van der Waals surface area contributed by atoms with Gasteiger partial charge in [-0.3, -0.25) is 0 Å². The average Bonchev–Trinajstić information content (AvgIpc) is 2.03. The van der Waals surface area contributed by atoms with Gasteiger partial charge in [-0.05, 0) is 12.1 Å². The topological polar surface area (TPSA) is 118 Å². The molecule has 0 atom stereocenters. The maximum Gasteiger partial charge on any atom is 1.00 e. The van der Waals surface area contributed by atoms with E-state index in [0.717, 1.165) is 18.2 Å². The molecule has 0 aromatic heterocycles. The van der Waals surface area contributed by atoms with Gasteiger partial charge < -0.3 is 19.9 Å². The van der Waals surface area contributed by atoms with E-state index in [1.807, 2.05) is 0 Å². The predicted octanol–water partition coefficient (Wildman–Crippen LogP) is -3.52. The number of rotatable bonds is 2. The molecule has 3 N–H and O–H groups in total. The Labute approximate surface area is 130 Å². The van der Waals surface area contributed by atoms with Crippen LogP contribution in [0.5, 0.6) is 11.5 Å². The van der Waals surface area contributed by atoms with Gasteiger partial charge in [0, 0.05) is 6.07 Å². The van der Waals surface area contributed by atoms with Crippen molar-refractivity contribution < 1.29 is 79.7 Å². The fourth-order valence-corrected chi connectivity index (χ4v) is 1.30. The molecular formula is C7H9KO6S.